The summed E-state index contributed by atoms with van der Waals surface area (Å²) in [6, 6.07) is 8.81. The SMILES string of the molecule is Cc1ccc(C(=O)N2C(C(=O)NCC(C)C)CSC2c2ccoc2)cc1. The zero-order chi connectivity index (χ0) is 18.7. The highest BCUT2D eigenvalue weighted by Crippen LogP contribution is 2.42. The number of hydrogen-bond acceptors (Lipinski definition) is 4. The number of carbonyl (C=O) groups excluding carboxylic acids is 2. The van der Waals surface area contributed by atoms with Crippen LogP contribution in [0.4, 0.5) is 0 Å². The topological polar surface area (TPSA) is 62.6 Å². The predicted octanol–water partition coefficient (Wildman–Crippen LogP) is 3.62. The number of hydrogen-bond donors (Lipinski definition) is 1. The van der Waals surface area contributed by atoms with Gasteiger partial charge in [0.1, 0.15) is 11.4 Å². The van der Waals surface area contributed by atoms with E-state index in [0.29, 0.717) is 23.8 Å². The van der Waals surface area contributed by atoms with Gasteiger partial charge in [-0.1, -0.05) is 31.5 Å². The minimum atomic E-state index is -0.493. The fraction of sp³-hybridized carbons (Fsp3) is 0.400. The van der Waals surface area contributed by atoms with Gasteiger partial charge in [-0.05, 0) is 31.0 Å². The molecule has 1 aliphatic rings. The molecule has 2 heterocycles. The Bertz CT molecular complexity index is 756. The normalized spacial score (nSPS) is 19.8. The van der Waals surface area contributed by atoms with E-state index in [1.54, 1.807) is 29.2 Å². The first-order valence-electron chi connectivity index (χ1n) is 8.78. The molecular formula is C20H24N2O3S. The molecule has 0 bridgehead atoms. The molecule has 1 aromatic heterocycles. The van der Waals surface area contributed by atoms with Crippen molar-refractivity contribution in [2.24, 2.45) is 5.92 Å². The lowest BCUT2D eigenvalue weighted by atomic mass is 10.1. The molecule has 2 aromatic rings. The van der Waals surface area contributed by atoms with Gasteiger partial charge in [-0.25, -0.2) is 0 Å². The number of thioether (sulfide) groups is 1. The van der Waals surface area contributed by atoms with Crippen molar-refractivity contribution < 1.29 is 14.0 Å². The lowest BCUT2D eigenvalue weighted by Gasteiger charge is -2.28. The van der Waals surface area contributed by atoms with E-state index in [-0.39, 0.29) is 17.2 Å². The fourth-order valence-corrected chi connectivity index (χ4v) is 4.30. The average Bonchev–Trinajstić information content (AvgIpc) is 3.28. The number of aryl methyl sites for hydroxylation is 1. The number of nitrogens with zero attached hydrogens (tertiary/aromatic N) is 1. The van der Waals surface area contributed by atoms with Gasteiger partial charge in [-0.3, -0.25) is 9.59 Å². The summed E-state index contributed by atoms with van der Waals surface area (Å²) in [5.74, 6) is 0.694. The Kier molecular flexibility index (Phi) is 5.71. The van der Waals surface area contributed by atoms with Crippen LogP contribution in [-0.2, 0) is 4.79 Å². The van der Waals surface area contributed by atoms with Crippen LogP contribution in [0.1, 0.15) is 40.7 Å². The van der Waals surface area contributed by atoms with Crippen LogP contribution in [0.2, 0.25) is 0 Å². The molecule has 26 heavy (non-hydrogen) atoms. The van der Waals surface area contributed by atoms with Gasteiger partial charge in [0.05, 0.1) is 12.5 Å². The molecule has 0 aliphatic carbocycles. The summed E-state index contributed by atoms with van der Waals surface area (Å²) in [7, 11) is 0. The molecule has 5 nitrogen and oxygen atoms in total. The number of amides is 2. The van der Waals surface area contributed by atoms with Gasteiger partial charge in [0.2, 0.25) is 5.91 Å². The van der Waals surface area contributed by atoms with Crippen molar-refractivity contribution in [3.63, 3.8) is 0 Å². The van der Waals surface area contributed by atoms with Crippen molar-refractivity contribution >= 4 is 23.6 Å². The van der Waals surface area contributed by atoms with Crippen LogP contribution >= 0.6 is 11.8 Å². The molecule has 1 saturated heterocycles. The summed E-state index contributed by atoms with van der Waals surface area (Å²) in [4.78, 5) is 27.6. The molecule has 1 N–H and O–H groups in total. The summed E-state index contributed by atoms with van der Waals surface area (Å²) in [5, 5.41) is 2.74. The van der Waals surface area contributed by atoms with Crippen molar-refractivity contribution in [1.29, 1.82) is 0 Å². The highest BCUT2D eigenvalue weighted by atomic mass is 32.2. The summed E-state index contributed by atoms with van der Waals surface area (Å²) in [5.41, 5.74) is 2.58. The number of nitrogens with one attached hydrogen (secondary N) is 1. The van der Waals surface area contributed by atoms with Crippen molar-refractivity contribution in [1.82, 2.24) is 10.2 Å². The maximum atomic E-state index is 13.2. The Labute approximate surface area is 158 Å². The van der Waals surface area contributed by atoms with E-state index in [9.17, 15) is 9.59 Å². The molecule has 1 aromatic carbocycles. The fourth-order valence-electron chi connectivity index (χ4n) is 2.90. The summed E-state index contributed by atoms with van der Waals surface area (Å²) >= 11 is 1.59. The van der Waals surface area contributed by atoms with Crippen LogP contribution in [0.5, 0.6) is 0 Å². The number of benzene rings is 1. The van der Waals surface area contributed by atoms with E-state index in [2.05, 4.69) is 5.32 Å². The smallest absolute Gasteiger partial charge is 0.255 e. The molecule has 2 unspecified atom stereocenters. The maximum absolute atomic E-state index is 13.2. The Morgan fingerprint density at radius 1 is 1.27 bits per heavy atom. The minimum absolute atomic E-state index is 0.0994. The van der Waals surface area contributed by atoms with Gasteiger partial charge >= 0.3 is 0 Å². The van der Waals surface area contributed by atoms with E-state index in [4.69, 9.17) is 4.42 Å². The van der Waals surface area contributed by atoms with Crippen LogP contribution in [0, 0.1) is 12.8 Å². The average molecular weight is 372 g/mol. The molecule has 138 valence electrons. The first kappa shape index (κ1) is 18.6. The number of carbonyl (C=O) groups is 2. The van der Waals surface area contributed by atoms with E-state index in [1.807, 2.05) is 51.1 Å². The highest BCUT2D eigenvalue weighted by Gasteiger charge is 2.42. The Balaban J connectivity index is 1.88. The molecular weight excluding hydrogens is 348 g/mol. The monoisotopic (exact) mass is 372 g/mol. The predicted molar refractivity (Wildman–Crippen MR) is 103 cm³/mol. The second kappa shape index (κ2) is 7.99. The van der Waals surface area contributed by atoms with Gasteiger partial charge in [0, 0.05) is 23.4 Å². The third-order valence-electron chi connectivity index (χ3n) is 4.35. The summed E-state index contributed by atoms with van der Waals surface area (Å²) in [6.45, 7) is 6.68. The first-order valence-corrected chi connectivity index (χ1v) is 9.83. The number of furan rings is 1. The lowest BCUT2D eigenvalue weighted by Crippen LogP contribution is -2.48. The Morgan fingerprint density at radius 3 is 2.62 bits per heavy atom. The zero-order valence-corrected chi connectivity index (χ0v) is 16.1. The molecule has 0 radical (unpaired) electrons. The maximum Gasteiger partial charge on any atom is 0.255 e. The first-order chi connectivity index (χ1) is 12.5. The van der Waals surface area contributed by atoms with Gasteiger partial charge < -0.3 is 14.6 Å². The molecule has 1 aliphatic heterocycles. The zero-order valence-electron chi connectivity index (χ0n) is 15.3. The van der Waals surface area contributed by atoms with Crippen molar-refractivity contribution in [2.75, 3.05) is 12.3 Å². The molecule has 0 spiro atoms. The van der Waals surface area contributed by atoms with Gasteiger partial charge in [0.15, 0.2) is 0 Å². The van der Waals surface area contributed by atoms with Crippen molar-refractivity contribution in [3.8, 4) is 0 Å². The van der Waals surface area contributed by atoms with Crippen LogP contribution in [0.25, 0.3) is 0 Å². The second-order valence-corrected chi connectivity index (χ2v) is 8.09. The Morgan fingerprint density at radius 2 is 2.00 bits per heavy atom. The molecule has 3 rings (SSSR count). The Hall–Kier alpha value is -2.21. The van der Waals surface area contributed by atoms with Crippen LogP contribution in [0.3, 0.4) is 0 Å². The van der Waals surface area contributed by atoms with E-state index in [1.165, 1.54) is 0 Å². The third-order valence-corrected chi connectivity index (χ3v) is 5.67. The van der Waals surface area contributed by atoms with Crippen molar-refractivity contribution in [2.45, 2.75) is 32.2 Å². The molecule has 6 heteroatoms. The van der Waals surface area contributed by atoms with Crippen LogP contribution in [-0.4, -0.2) is 35.1 Å². The second-order valence-electron chi connectivity index (χ2n) is 6.98. The van der Waals surface area contributed by atoms with Crippen LogP contribution in [0.15, 0.2) is 47.3 Å². The molecule has 2 amide bonds. The van der Waals surface area contributed by atoms with E-state index < -0.39 is 6.04 Å². The molecule has 1 fully saturated rings. The summed E-state index contributed by atoms with van der Waals surface area (Å²) in [6.07, 6.45) is 3.23. The standard InChI is InChI=1S/C20H24N2O3S/c1-13(2)10-21-18(23)17-12-26-20(16-8-9-25-11-16)22(17)19(24)15-6-4-14(3)5-7-15/h4-9,11,13,17,20H,10,12H2,1-3H3,(H,21,23). The minimum Gasteiger partial charge on any atom is -0.472 e. The highest BCUT2D eigenvalue weighted by molar-refractivity contribution is 7.99. The van der Waals surface area contributed by atoms with Gasteiger partial charge in [0.25, 0.3) is 5.91 Å². The number of rotatable bonds is 5. The van der Waals surface area contributed by atoms with Crippen LogP contribution < -0.4 is 5.32 Å². The van der Waals surface area contributed by atoms with Gasteiger partial charge in [-0.15, -0.1) is 11.8 Å². The lowest BCUT2D eigenvalue weighted by molar-refractivity contribution is -0.125. The summed E-state index contributed by atoms with van der Waals surface area (Å²) < 4.78 is 5.20. The van der Waals surface area contributed by atoms with Crippen molar-refractivity contribution in [3.05, 3.63) is 59.5 Å². The van der Waals surface area contributed by atoms with E-state index >= 15 is 0 Å². The van der Waals surface area contributed by atoms with E-state index in [0.717, 1.165) is 11.1 Å². The third kappa shape index (κ3) is 3.96. The van der Waals surface area contributed by atoms with Gasteiger partial charge in [-0.2, -0.15) is 0 Å². The molecule has 2 atom stereocenters. The quantitative estimate of drug-likeness (QED) is 0.871. The molecule has 0 saturated carbocycles. The largest absolute Gasteiger partial charge is 0.472 e.